The summed E-state index contributed by atoms with van der Waals surface area (Å²) in [6, 6.07) is 6.04. The Morgan fingerprint density at radius 1 is 1.11 bits per heavy atom. The van der Waals surface area contributed by atoms with Crippen LogP contribution in [0.25, 0.3) is 0 Å². The molecule has 0 fully saturated rings. The predicted octanol–water partition coefficient (Wildman–Crippen LogP) is 3.19. The van der Waals surface area contributed by atoms with Crippen LogP contribution >= 0.6 is 15.9 Å². The molecule has 1 aromatic carbocycles. The number of nitrogens with zero attached hydrogens (tertiary/aromatic N) is 2. The van der Waals surface area contributed by atoms with Crippen molar-refractivity contribution in [2.75, 3.05) is 10.7 Å². The minimum Gasteiger partial charge on any atom is -0.340 e. The minimum absolute atomic E-state index is 0.629. The zero-order chi connectivity index (χ0) is 14.0. The lowest BCUT2D eigenvalue weighted by Gasteiger charge is -2.14. The number of rotatable bonds is 3. The molecule has 0 radical (unpaired) electrons. The summed E-state index contributed by atoms with van der Waals surface area (Å²) >= 11 is 3.45. The zero-order valence-electron chi connectivity index (χ0n) is 11.1. The maximum Gasteiger partial charge on any atom is 0.148 e. The van der Waals surface area contributed by atoms with Gasteiger partial charge in [-0.15, -0.1) is 0 Å². The van der Waals surface area contributed by atoms with E-state index in [9.17, 15) is 0 Å². The summed E-state index contributed by atoms with van der Waals surface area (Å²) in [5.41, 5.74) is 5.61. The summed E-state index contributed by atoms with van der Waals surface area (Å²) in [4.78, 5) is 8.65. The van der Waals surface area contributed by atoms with Gasteiger partial charge in [0.05, 0.1) is 0 Å². The summed E-state index contributed by atoms with van der Waals surface area (Å²) in [7, 11) is 0. The molecule has 1 aromatic heterocycles. The Hall–Kier alpha value is -1.66. The molecule has 0 aliphatic carbocycles. The quantitative estimate of drug-likeness (QED) is 0.598. The van der Waals surface area contributed by atoms with Crippen LogP contribution in [0.4, 0.5) is 17.3 Å². The first-order valence-electron chi connectivity index (χ1n) is 5.86. The van der Waals surface area contributed by atoms with E-state index in [1.807, 2.05) is 39.0 Å². The number of hydrogen-bond donors (Lipinski definition) is 3. The Morgan fingerprint density at radius 3 is 2.42 bits per heavy atom. The molecule has 0 unspecified atom stereocenters. The lowest BCUT2D eigenvalue weighted by Crippen LogP contribution is -2.13. The number of hydrogen-bond acceptors (Lipinski definition) is 5. The van der Waals surface area contributed by atoms with Crippen LogP contribution in [0.3, 0.4) is 0 Å². The fourth-order valence-corrected chi connectivity index (χ4v) is 2.26. The molecule has 4 N–H and O–H groups in total. The van der Waals surface area contributed by atoms with Crippen molar-refractivity contribution in [2.24, 2.45) is 5.84 Å². The summed E-state index contributed by atoms with van der Waals surface area (Å²) in [5, 5.41) is 3.32. The second-order valence-electron chi connectivity index (χ2n) is 4.32. The van der Waals surface area contributed by atoms with Gasteiger partial charge in [-0.2, -0.15) is 0 Å². The number of nitrogen functional groups attached to an aromatic ring is 1. The van der Waals surface area contributed by atoms with Crippen LogP contribution in [0.15, 0.2) is 22.7 Å². The van der Waals surface area contributed by atoms with E-state index in [1.165, 1.54) is 0 Å². The number of anilines is 3. The SMILES string of the molecule is Cc1nc(NN)c(C)c(Nc2ccc(Br)cc2C)n1. The van der Waals surface area contributed by atoms with Gasteiger partial charge in [-0.3, -0.25) is 0 Å². The van der Waals surface area contributed by atoms with Crippen molar-refractivity contribution in [3.63, 3.8) is 0 Å². The van der Waals surface area contributed by atoms with Gasteiger partial charge in [-0.25, -0.2) is 15.8 Å². The molecule has 0 aliphatic heterocycles. The molecule has 1 heterocycles. The Bertz CT molecular complexity index is 612. The summed E-state index contributed by atoms with van der Waals surface area (Å²) in [6.45, 7) is 5.80. The van der Waals surface area contributed by atoms with Crippen LogP contribution in [-0.2, 0) is 0 Å². The van der Waals surface area contributed by atoms with Crippen LogP contribution in [0.5, 0.6) is 0 Å². The molecule has 5 nitrogen and oxygen atoms in total. The molecule has 100 valence electrons. The van der Waals surface area contributed by atoms with E-state index in [0.717, 1.165) is 27.1 Å². The first kappa shape index (κ1) is 13.8. The molecule has 0 spiro atoms. The third-order valence-corrected chi connectivity index (χ3v) is 3.33. The molecule has 6 heteroatoms. The average molecular weight is 322 g/mol. The standard InChI is InChI=1S/C13H16BrN5/c1-7-6-10(14)4-5-11(7)18-12-8(2)13(19-15)17-9(3)16-12/h4-6H,15H2,1-3H3,(H2,16,17,18,19). The van der Waals surface area contributed by atoms with Crippen molar-refractivity contribution < 1.29 is 0 Å². The Kier molecular flexibility index (Phi) is 4.01. The van der Waals surface area contributed by atoms with Crippen LogP contribution in [-0.4, -0.2) is 9.97 Å². The number of hydrazine groups is 1. The summed E-state index contributed by atoms with van der Waals surface area (Å²) in [5.74, 6) is 7.50. The van der Waals surface area contributed by atoms with Crippen LogP contribution in [0.1, 0.15) is 17.0 Å². The second kappa shape index (κ2) is 5.54. The fourth-order valence-electron chi connectivity index (χ4n) is 1.79. The Morgan fingerprint density at radius 2 is 1.79 bits per heavy atom. The highest BCUT2D eigenvalue weighted by Gasteiger charge is 2.09. The average Bonchev–Trinajstić information content (AvgIpc) is 2.36. The molecule has 0 saturated carbocycles. The Balaban J connectivity index is 2.40. The van der Waals surface area contributed by atoms with Gasteiger partial charge < -0.3 is 10.7 Å². The van der Waals surface area contributed by atoms with Gasteiger partial charge in [0.2, 0.25) is 0 Å². The van der Waals surface area contributed by atoms with Crippen molar-refractivity contribution in [3.8, 4) is 0 Å². The first-order chi connectivity index (χ1) is 9.01. The third kappa shape index (κ3) is 3.02. The highest BCUT2D eigenvalue weighted by Crippen LogP contribution is 2.26. The van der Waals surface area contributed by atoms with Gasteiger partial charge in [0.25, 0.3) is 0 Å². The Labute approximate surface area is 120 Å². The second-order valence-corrected chi connectivity index (χ2v) is 5.24. The largest absolute Gasteiger partial charge is 0.340 e. The third-order valence-electron chi connectivity index (χ3n) is 2.84. The van der Waals surface area contributed by atoms with Crippen molar-refractivity contribution in [1.29, 1.82) is 0 Å². The van der Waals surface area contributed by atoms with Gasteiger partial charge in [0, 0.05) is 15.7 Å². The molecular formula is C13H16BrN5. The van der Waals surface area contributed by atoms with Crippen LogP contribution in [0.2, 0.25) is 0 Å². The molecular weight excluding hydrogens is 306 g/mol. The van der Waals surface area contributed by atoms with Gasteiger partial charge in [0.15, 0.2) is 0 Å². The van der Waals surface area contributed by atoms with Crippen LogP contribution < -0.4 is 16.6 Å². The molecule has 0 bridgehead atoms. The van der Waals surface area contributed by atoms with E-state index < -0.39 is 0 Å². The summed E-state index contributed by atoms with van der Waals surface area (Å²) in [6.07, 6.45) is 0. The number of aromatic nitrogens is 2. The van der Waals surface area contributed by atoms with Gasteiger partial charge in [0.1, 0.15) is 17.5 Å². The molecule has 2 rings (SSSR count). The number of nitrogens with one attached hydrogen (secondary N) is 2. The molecule has 0 aliphatic rings. The summed E-state index contributed by atoms with van der Waals surface area (Å²) < 4.78 is 1.05. The maximum absolute atomic E-state index is 5.46. The van der Waals surface area contributed by atoms with E-state index in [-0.39, 0.29) is 0 Å². The van der Waals surface area contributed by atoms with Gasteiger partial charge >= 0.3 is 0 Å². The van der Waals surface area contributed by atoms with E-state index >= 15 is 0 Å². The van der Waals surface area contributed by atoms with Gasteiger partial charge in [-0.1, -0.05) is 15.9 Å². The maximum atomic E-state index is 5.46. The number of nitrogens with two attached hydrogens (primary N) is 1. The lowest BCUT2D eigenvalue weighted by atomic mass is 10.2. The van der Waals surface area contributed by atoms with Crippen molar-refractivity contribution >= 4 is 33.3 Å². The lowest BCUT2D eigenvalue weighted by molar-refractivity contribution is 1.03. The van der Waals surface area contributed by atoms with Crippen molar-refractivity contribution in [3.05, 3.63) is 39.6 Å². The topological polar surface area (TPSA) is 75.9 Å². The fraction of sp³-hybridized carbons (Fsp3) is 0.231. The highest BCUT2D eigenvalue weighted by molar-refractivity contribution is 9.10. The van der Waals surface area contributed by atoms with Crippen molar-refractivity contribution in [2.45, 2.75) is 20.8 Å². The van der Waals surface area contributed by atoms with Gasteiger partial charge in [-0.05, 0) is 44.5 Å². The van der Waals surface area contributed by atoms with E-state index in [1.54, 1.807) is 0 Å². The number of benzene rings is 1. The number of aryl methyl sites for hydroxylation is 2. The monoisotopic (exact) mass is 321 g/mol. The normalized spacial score (nSPS) is 10.4. The molecule has 0 atom stereocenters. The van der Waals surface area contributed by atoms with E-state index in [2.05, 4.69) is 36.6 Å². The first-order valence-corrected chi connectivity index (χ1v) is 6.65. The predicted molar refractivity (Wildman–Crippen MR) is 81.5 cm³/mol. The van der Waals surface area contributed by atoms with E-state index in [0.29, 0.717) is 11.6 Å². The molecule has 2 aromatic rings. The van der Waals surface area contributed by atoms with E-state index in [4.69, 9.17) is 5.84 Å². The molecule has 0 amide bonds. The number of halogens is 1. The molecule has 0 saturated heterocycles. The van der Waals surface area contributed by atoms with Crippen molar-refractivity contribution in [1.82, 2.24) is 9.97 Å². The highest BCUT2D eigenvalue weighted by atomic mass is 79.9. The zero-order valence-corrected chi connectivity index (χ0v) is 12.7. The smallest absolute Gasteiger partial charge is 0.148 e. The minimum atomic E-state index is 0.629. The van der Waals surface area contributed by atoms with Crippen LogP contribution in [0, 0.1) is 20.8 Å². The molecule has 19 heavy (non-hydrogen) atoms.